The second-order valence-electron chi connectivity index (χ2n) is 4.10. The minimum atomic E-state index is -4.79. The molecule has 0 atom stereocenters. The second-order valence-corrected chi connectivity index (χ2v) is 4.51. The van der Waals surface area contributed by atoms with Gasteiger partial charge in [0.05, 0.1) is 10.7 Å². The Kier molecular flexibility index (Phi) is 4.87. The van der Waals surface area contributed by atoms with Crippen LogP contribution in [0.3, 0.4) is 0 Å². The number of benzene rings is 1. The zero-order valence-electron chi connectivity index (χ0n) is 10.9. The van der Waals surface area contributed by atoms with E-state index < -0.39 is 12.1 Å². The molecular weight excluding hydrogens is 323 g/mol. The van der Waals surface area contributed by atoms with Gasteiger partial charge in [-0.1, -0.05) is 17.7 Å². The van der Waals surface area contributed by atoms with Crippen molar-refractivity contribution in [1.29, 1.82) is 0 Å². The first-order valence-corrected chi connectivity index (χ1v) is 6.34. The van der Waals surface area contributed by atoms with Crippen LogP contribution in [0.1, 0.15) is 16.2 Å². The molecule has 0 radical (unpaired) electrons. The monoisotopic (exact) mass is 331 g/mol. The van der Waals surface area contributed by atoms with Gasteiger partial charge in [-0.15, -0.1) is 13.2 Å². The predicted molar refractivity (Wildman–Crippen MR) is 72.1 cm³/mol. The van der Waals surface area contributed by atoms with E-state index in [1.807, 2.05) is 0 Å². The Bertz CT molecular complexity index is 677. The largest absolute Gasteiger partial charge is 0.573 e. The molecule has 1 aromatic carbocycles. The number of carbonyl (C=O) groups is 1. The summed E-state index contributed by atoms with van der Waals surface area (Å²) in [4.78, 5) is 14.6. The molecule has 0 unspecified atom stereocenters. The molecule has 116 valence electrons. The van der Waals surface area contributed by atoms with Gasteiger partial charge in [-0.3, -0.25) is 4.79 Å². The van der Waals surface area contributed by atoms with E-state index in [0.717, 1.165) is 12.1 Å². The van der Waals surface area contributed by atoms with E-state index in [0.29, 0.717) is 12.0 Å². The normalized spacial score (nSPS) is 11.1. The fourth-order valence-electron chi connectivity index (χ4n) is 1.59. The molecule has 0 bridgehead atoms. The van der Waals surface area contributed by atoms with Crippen LogP contribution in [0.5, 0.6) is 11.5 Å². The van der Waals surface area contributed by atoms with E-state index in [1.54, 1.807) is 12.1 Å². The summed E-state index contributed by atoms with van der Waals surface area (Å²) in [7, 11) is 0. The third-order valence-corrected chi connectivity index (χ3v) is 2.76. The van der Waals surface area contributed by atoms with E-state index in [1.165, 1.54) is 12.1 Å². The lowest BCUT2D eigenvalue weighted by Crippen LogP contribution is -2.17. The van der Waals surface area contributed by atoms with Gasteiger partial charge in [0, 0.05) is 6.07 Å². The molecule has 2 aromatic rings. The van der Waals surface area contributed by atoms with E-state index in [9.17, 15) is 18.0 Å². The zero-order chi connectivity index (χ0) is 16.2. The van der Waals surface area contributed by atoms with Crippen LogP contribution in [0.2, 0.25) is 5.02 Å². The molecule has 4 nitrogen and oxygen atoms in total. The number of carbonyl (C=O) groups excluding carboxylic acids is 1. The smallest absolute Gasteiger partial charge is 0.486 e. The first kappa shape index (κ1) is 16.1. The minimum absolute atomic E-state index is 0.0148. The molecule has 22 heavy (non-hydrogen) atoms. The summed E-state index contributed by atoms with van der Waals surface area (Å²) in [5.41, 5.74) is 0.734. The predicted octanol–water partition coefficient (Wildman–Crippen LogP) is 4.03. The van der Waals surface area contributed by atoms with E-state index in [4.69, 9.17) is 16.3 Å². The lowest BCUT2D eigenvalue weighted by molar-refractivity contribution is -0.274. The summed E-state index contributed by atoms with van der Waals surface area (Å²) in [6.45, 7) is 0.0148. The highest BCUT2D eigenvalue weighted by molar-refractivity contribution is 6.32. The number of halogens is 4. The SMILES string of the molecule is O=Cc1cccc(COc2ccc(OC(F)(F)F)cc2Cl)n1. The average molecular weight is 332 g/mol. The van der Waals surface area contributed by atoms with Crippen molar-refractivity contribution in [3.8, 4) is 11.5 Å². The van der Waals surface area contributed by atoms with E-state index in [2.05, 4.69) is 9.72 Å². The Morgan fingerprint density at radius 3 is 2.64 bits per heavy atom. The summed E-state index contributed by atoms with van der Waals surface area (Å²) in [5, 5.41) is -0.0340. The summed E-state index contributed by atoms with van der Waals surface area (Å²) >= 11 is 5.83. The zero-order valence-corrected chi connectivity index (χ0v) is 11.7. The molecule has 2 rings (SSSR count). The molecule has 8 heteroatoms. The third kappa shape index (κ3) is 4.63. The Labute approximate surface area is 128 Å². The summed E-state index contributed by atoms with van der Waals surface area (Å²) in [6.07, 6.45) is -4.19. The fourth-order valence-corrected chi connectivity index (χ4v) is 1.82. The number of aldehydes is 1. The van der Waals surface area contributed by atoms with Gasteiger partial charge in [0.1, 0.15) is 23.8 Å². The van der Waals surface area contributed by atoms with Crippen LogP contribution < -0.4 is 9.47 Å². The van der Waals surface area contributed by atoms with Crippen molar-refractivity contribution in [3.63, 3.8) is 0 Å². The van der Waals surface area contributed by atoms with Crippen molar-refractivity contribution in [2.24, 2.45) is 0 Å². The summed E-state index contributed by atoms with van der Waals surface area (Å²) < 4.78 is 45.3. The lowest BCUT2D eigenvalue weighted by Gasteiger charge is -2.11. The maximum atomic E-state index is 12.1. The van der Waals surface area contributed by atoms with E-state index in [-0.39, 0.29) is 23.1 Å². The molecule has 0 fully saturated rings. The van der Waals surface area contributed by atoms with Crippen molar-refractivity contribution in [2.45, 2.75) is 13.0 Å². The Morgan fingerprint density at radius 2 is 2.00 bits per heavy atom. The molecule has 0 aliphatic heterocycles. The van der Waals surface area contributed by atoms with Gasteiger partial charge in [0.15, 0.2) is 6.29 Å². The van der Waals surface area contributed by atoms with Crippen molar-refractivity contribution < 1.29 is 27.4 Å². The van der Waals surface area contributed by atoms with Gasteiger partial charge in [0.2, 0.25) is 0 Å². The molecule has 0 amide bonds. The first-order valence-electron chi connectivity index (χ1n) is 5.96. The topological polar surface area (TPSA) is 48.4 Å². The summed E-state index contributed by atoms with van der Waals surface area (Å²) in [6, 6.07) is 8.16. The fraction of sp³-hybridized carbons (Fsp3) is 0.143. The summed E-state index contributed by atoms with van der Waals surface area (Å²) in [5.74, 6) is -0.263. The molecule has 0 saturated heterocycles. The Morgan fingerprint density at radius 1 is 1.23 bits per heavy atom. The van der Waals surface area contributed by atoms with Crippen LogP contribution in [0.15, 0.2) is 36.4 Å². The molecule has 1 heterocycles. The minimum Gasteiger partial charge on any atom is -0.486 e. The van der Waals surface area contributed by atoms with Gasteiger partial charge in [0.25, 0.3) is 0 Å². The Balaban J connectivity index is 2.05. The number of hydrogen-bond donors (Lipinski definition) is 0. The molecule has 1 aromatic heterocycles. The van der Waals surface area contributed by atoms with Gasteiger partial charge >= 0.3 is 6.36 Å². The number of rotatable bonds is 5. The van der Waals surface area contributed by atoms with Gasteiger partial charge < -0.3 is 9.47 Å². The van der Waals surface area contributed by atoms with Crippen molar-refractivity contribution in [1.82, 2.24) is 4.98 Å². The maximum Gasteiger partial charge on any atom is 0.573 e. The van der Waals surface area contributed by atoms with Crippen LogP contribution in [-0.2, 0) is 6.61 Å². The quantitative estimate of drug-likeness (QED) is 0.776. The number of ether oxygens (including phenoxy) is 2. The second kappa shape index (κ2) is 6.65. The highest BCUT2D eigenvalue weighted by atomic mass is 35.5. The molecule has 0 N–H and O–H groups in total. The van der Waals surface area contributed by atoms with Crippen LogP contribution in [0.25, 0.3) is 0 Å². The van der Waals surface area contributed by atoms with Crippen LogP contribution in [0, 0.1) is 0 Å². The first-order chi connectivity index (χ1) is 10.4. The molecule has 0 aliphatic carbocycles. The maximum absolute atomic E-state index is 12.1. The number of pyridine rings is 1. The van der Waals surface area contributed by atoms with Gasteiger partial charge in [-0.05, 0) is 24.3 Å². The van der Waals surface area contributed by atoms with Crippen molar-refractivity contribution >= 4 is 17.9 Å². The molecule has 0 spiro atoms. The van der Waals surface area contributed by atoms with Crippen molar-refractivity contribution in [2.75, 3.05) is 0 Å². The average Bonchev–Trinajstić information content (AvgIpc) is 2.45. The van der Waals surface area contributed by atoms with Gasteiger partial charge in [-0.25, -0.2) is 4.98 Å². The Hall–Kier alpha value is -2.28. The van der Waals surface area contributed by atoms with Gasteiger partial charge in [-0.2, -0.15) is 0 Å². The number of hydrogen-bond acceptors (Lipinski definition) is 4. The highest BCUT2D eigenvalue weighted by Gasteiger charge is 2.31. The number of nitrogens with zero attached hydrogens (tertiary/aromatic N) is 1. The molecule has 0 saturated carbocycles. The molecular formula is C14H9ClF3NO3. The third-order valence-electron chi connectivity index (χ3n) is 2.46. The lowest BCUT2D eigenvalue weighted by atomic mass is 10.3. The highest BCUT2D eigenvalue weighted by Crippen LogP contribution is 2.32. The van der Waals surface area contributed by atoms with E-state index >= 15 is 0 Å². The van der Waals surface area contributed by atoms with Crippen LogP contribution in [0.4, 0.5) is 13.2 Å². The van der Waals surface area contributed by atoms with Crippen LogP contribution in [-0.4, -0.2) is 17.6 Å². The molecule has 0 aliphatic rings. The van der Waals surface area contributed by atoms with Crippen molar-refractivity contribution in [3.05, 3.63) is 52.8 Å². The standard InChI is InChI=1S/C14H9ClF3NO3/c15-12-6-11(22-14(16,17)18)4-5-13(12)21-8-10-3-1-2-9(7-20)19-10/h1-7H,8H2. The number of alkyl halides is 3. The van der Waals surface area contributed by atoms with Crippen LogP contribution >= 0.6 is 11.6 Å². The number of aromatic nitrogens is 1.